The second kappa shape index (κ2) is 22.3. The van der Waals surface area contributed by atoms with E-state index in [2.05, 4.69) is 33.1 Å². The zero-order valence-electron chi connectivity index (χ0n) is 46.5. The van der Waals surface area contributed by atoms with Gasteiger partial charge in [-0.2, -0.15) is 9.97 Å². The molecule has 0 unspecified atom stereocenters. The fourth-order valence-electron chi connectivity index (χ4n) is 11.4. The third kappa shape index (κ3) is 9.55. The average Bonchev–Trinajstić information content (AvgIpc) is 1.27. The van der Waals surface area contributed by atoms with Crippen LogP contribution in [0.25, 0.3) is 56.0 Å². The van der Waals surface area contributed by atoms with Crippen molar-refractivity contribution in [3.63, 3.8) is 0 Å². The number of hydrogen-bond donors (Lipinski definition) is 2. The molecule has 2 aromatic carbocycles. The van der Waals surface area contributed by atoms with Gasteiger partial charge in [0.1, 0.15) is 80.2 Å². The lowest BCUT2D eigenvalue weighted by atomic mass is 10.0. The molecule has 2 amide bonds. The number of nitrogens with zero attached hydrogens (tertiary/aromatic N) is 12. The molecule has 0 saturated carbocycles. The van der Waals surface area contributed by atoms with Gasteiger partial charge in [0.25, 0.3) is 0 Å². The molecule has 2 fully saturated rings. The summed E-state index contributed by atoms with van der Waals surface area (Å²) in [5.41, 5.74) is 2.20. The number of amides is 2. The summed E-state index contributed by atoms with van der Waals surface area (Å²) in [7, 11) is 0. The lowest BCUT2D eigenvalue weighted by molar-refractivity contribution is -0.127. The van der Waals surface area contributed by atoms with Gasteiger partial charge in [-0.3, -0.25) is 19.6 Å². The minimum absolute atomic E-state index is 0.0398. The van der Waals surface area contributed by atoms with Crippen molar-refractivity contribution in [3.8, 4) is 56.9 Å². The van der Waals surface area contributed by atoms with Gasteiger partial charge in [-0.05, 0) is 85.4 Å². The first kappa shape index (κ1) is 56.8. The fraction of sp³-hybridized carbons (Fsp3) is 0.300. The lowest BCUT2D eigenvalue weighted by Gasteiger charge is -2.40. The molecule has 0 radical (unpaired) electrons. The Kier molecular flexibility index (Phi) is 15.1. The maximum absolute atomic E-state index is 15.2. The van der Waals surface area contributed by atoms with E-state index in [0.29, 0.717) is 84.4 Å². The molecule has 10 heterocycles. The summed E-state index contributed by atoms with van der Waals surface area (Å²) in [4.78, 5) is 87.8. The van der Waals surface area contributed by atoms with Crippen molar-refractivity contribution in [1.29, 1.82) is 0 Å². The second-order valence-corrected chi connectivity index (χ2v) is 22.1. The molecular formula is C60H56Cl2F2N12O8. The number of phenolic OH excluding ortho intramolecular Hbond substituents is 2. The van der Waals surface area contributed by atoms with E-state index >= 15 is 8.78 Å². The van der Waals surface area contributed by atoms with E-state index in [1.165, 1.54) is 57.7 Å². The summed E-state index contributed by atoms with van der Waals surface area (Å²) in [5, 5.41) is 22.0. The summed E-state index contributed by atoms with van der Waals surface area (Å²) < 4.78 is 45.8. The number of piperazine rings is 2. The first-order valence-corrected chi connectivity index (χ1v) is 27.8. The van der Waals surface area contributed by atoms with Crippen LogP contribution >= 0.6 is 23.2 Å². The van der Waals surface area contributed by atoms with Crippen LogP contribution in [0.4, 0.5) is 20.4 Å². The SMILES string of the molecule is C=CC(=O)N1CCN2c3nc(=O)n(-c4c(C)ccnc4C(C)C)c4nc(-c5c(O)cccc5F)c(Cl)c(c34)OC[C@H]2C1.C=CC(=O)N1CCN2c3nc(=O)n(-c4c(C)ccnc4C(C)C)c4nc(-c5c(O)cccc5F)c(Cl)c(c34)OC[C@H]2C1. The van der Waals surface area contributed by atoms with Gasteiger partial charge in [0.15, 0.2) is 22.8 Å². The van der Waals surface area contributed by atoms with Gasteiger partial charge >= 0.3 is 11.4 Å². The Balaban J connectivity index is 0.000000175. The maximum Gasteiger partial charge on any atom is 0.355 e. The van der Waals surface area contributed by atoms with Crippen LogP contribution in [0, 0.1) is 25.5 Å². The average molecular weight is 1180 g/mol. The predicted molar refractivity (Wildman–Crippen MR) is 314 cm³/mol. The van der Waals surface area contributed by atoms with E-state index in [1.54, 1.807) is 34.3 Å². The van der Waals surface area contributed by atoms with Crippen LogP contribution in [-0.2, 0) is 9.59 Å². The Hall–Kier alpha value is -9.02. The normalized spacial score (nSPS) is 16.3. The summed E-state index contributed by atoms with van der Waals surface area (Å²) in [5.74, 6) is -1.86. The Labute approximate surface area is 489 Å². The van der Waals surface area contributed by atoms with Gasteiger partial charge in [-0.25, -0.2) is 37.5 Å². The van der Waals surface area contributed by atoms with Gasteiger partial charge in [-0.1, -0.05) is 76.2 Å². The minimum atomic E-state index is -0.746. The van der Waals surface area contributed by atoms with Crippen molar-refractivity contribution in [2.75, 3.05) is 62.3 Å². The molecule has 432 valence electrons. The molecule has 2 atom stereocenters. The monoisotopic (exact) mass is 1180 g/mol. The maximum atomic E-state index is 15.2. The quantitative estimate of drug-likeness (QED) is 0.136. The summed E-state index contributed by atoms with van der Waals surface area (Å²) >= 11 is 13.8. The number of aromatic nitrogens is 8. The van der Waals surface area contributed by atoms with E-state index in [1.807, 2.05) is 51.3 Å². The first-order chi connectivity index (χ1) is 40.2. The molecule has 0 bridgehead atoms. The lowest BCUT2D eigenvalue weighted by Crippen LogP contribution is -2.56. The third-order valence-electron chi connectivity index (χ3n) is 15.4. The summed E-state index contributed by atoms with van der Waals surface area (Å²) in [6.45, 7) is 21.0. The van der Waals surface area contributed by atoms with Crippen molar-refractivity contribution < 1.29 is 38.1 Å². The van der Waals surface area contributed by atoms with Crippen LogP contribution in [-0.4, -0.2) is 135 Å². The highest BCUT2D eigenvalue weighted by Crippen LogP contribution is 2.49. The zero-order chi connectivity index (χ0) is 59.7. The number of aromatic hydroxyl groups is 2. The first-order valence-electron chi connectivity index (χ1n) is 27.1. The second-order valence-electron chi connectivity index (χ2n) is 21.3. The Morgan fingerprint density at radius 1 is 0.631 bits per heavy atom. The third-order valence-corrected chi connectivity index (χ3v) is 16.1. The summed E-state index contributed by atoms with van der Waals surface area (Å²) in [6, 6.07) is 10.6. The summed E-state index contributed by atoms with van der Waals surface area (Å²) in [6.07, 6.45) is 5.87. The largest absolute Gasteiger partial charge is 0.507 e. The molecule has 84 heavy (non-hydrogen) atoms. The van der Waals surface area contributed by atoms with Crippen molar-refractivity contribution in [2.45, 2.75) is 65.5 Å². The van der Waals surface area contributed by atoms with Crippen LogP contribution < -0.4 is 30.7 Å². The van der Waals surface area contributed by atoms with Gasteiger partial charge in [0.05, 0.1) is 46.0 Å². The fourth-order valence-corrected chi connectivity index (χ4v) is 12.0. The number of aryl methyl sites for hydroxylation is 2. The molecule has 4 aliphatic rings. The molecule has 8 aromatic rings. The van der Waals surface area contributed by atoms with Crippen molar-refractivity contribution in [1.82, 2.24) is 48.8 Å². The van der Waals surface area contributed by atoms with Crippen molar-refractivity contribution >= 4 is 68.7 Å². The molecule has 0 spiro atoms. The minimum Gasteiger partial charge on any atom is -0.507 e. The Bertz CT molecular complexity index is 3910. The van der Waals surface area contributed by atoms with Gasteiger partial charge in [-0.15, -0.1) is 0 Å². The van der Waals surface area contributed by atoms with Crippen LogP contribution in [0.3, 0.4) is 0 Å². The van der Waals surface area contributed by atoms with Gasteiger partial charge in [0.2, 0.25) is 11.8 Å². The number of pyridine rings is 4. The number of fused-ring (bicyclic) bond motifs is 4. The van der Waals surface area contributed by atoms with E-state index in [-0.39, 0.29) is 116 Å². The number of halogens is 4. The van der Waals surface area contributed by atoms with E-state index in [4.69, 9.17) is 42.6 Å². The molecule has 24 heteroatoms. The highest BCUT2D eigenvalue weighted by molar-refractivity contribution is 6.36. The molecule has 12 rings (SSSR count). The number of ether oxygens (including phenoxy) is 2. The highest BCUT2D eigenvalue weighted by atomic mass is 35.5. The van der Waals surface area contributed by atoms with Crippen LogP contribution in [0.5, 0.6) is 23.0 Å². The van der Waals surface area contributed by atoms with Crippen LogP contribution in [0.1, 0.15) is 62.0 Å². The van der Waals surface area contributed by atoms with Crippen LogP contribution in [0.2, 0.25) is 10.0 Å². The highest BCUT2D eigenvalue weighted by Gasteiger charge is 2.40. The van der Waals surface area contributed by atoms with Crippen molar-refractivity contribution in [2.24, 2.45) is 0 Å². The molecule has 2 saturated heterocycles. The number of phenols is 2. The number of benzene rings is 2. The smallest absolute Gasteiger partial charge is 0.355 e. The van der Waals surface area contributed by atoms with Crippen LogP contribution in [0.15, 0.2) is 95.8 Å². The number of carbonyl (C=O) groups is 2. The molecule has 2 N–H and O–H groups in total. The van der Waals surface area contributed by atoms with Crippen molar-refractivity contribution in [3.05, 3.63) is 151 Å². The molecule has 20 nitrogen and oxygen atoms in total. The molecular weight excluding hydrogens is 1130 g/mol. The standard InChI is InChI=1S/2C30H28ClFN6O4/c2*1-5-20(40)36-11-12-37-17(13-36)14-42-27-22-28(37)35-30(41)38(26-16(4)9-10-33-24(26)15(2)3)29(22)34-25(23(27)31)21-18(32)7-6-8-19(21)39/h2*5-10,15,17,39H,1,11-14H2,2-4H3/t2*17-/m11/s1. The Morgan fingerprint density at radius 2 is 1.02 bits per heavy atom. The number of carbonyl (C=O) groups excluding carboxylic acids is 2. The predicted octanol–water partition coefficient (Wildman–Crippen LogP) is 8.74. The van der Waals surface area contributed by atoms with E-state index in [9.17, 15) is 29.4 Å². The Morgan fingerprint density at radius 3 is 1.38 bits per heavy atom. The molecule has 4 aliphatic heterocycles. The topological polar surface area (TPSA) is 227 Å². The number of rotatable bonds is 8. The number of hydrogen-bond acceptors (Lipinski definition) is 16. The van der Waals surface area contributed by atoms with Gasteiger partial charge in [0, 0.05) is 51.7 Å². The van der Waals surface area contributed by atoms with E-state index < -0.39 is 23.0 Å². The molecule has 0 aliphatic carbocycles. The van der Waals surface area contributed by atoms with E-state index in [0.717, 1.165) is 11.1 Å². The number of anilines is 2. The van der Waals surface area contributed by atoms with Gasteiger partial charge < -0.3 is 39.3 Å². The molecule has 6 aromatic heterocycles. The zero-order valence-corrected chi connectivity index (χ0v) is 48.0.